The van der Waals surface area contributed by atoms with Crippen LogP contribution in [0.15, 0.2) is 60.9 Å². The van der Waals surface area contributed by atoms with Crippen LogP contribution >= 0.6 is 0 Å². The highest BCUT2D eigenvalue weighted by molar-refractivity contribution is 6.07. The van der Waals surface area contributed by atoms with Crippen LogP contribution in [0, 0.1) is 0 Å². The zero-order valence-electron chi connectivity index (χ0n) is 24.7. The van der Waals surface area contributed by atoms with Crippen LogP contribution in [0.5, 0.6) is 17.2 Å². The Labute approximate surface area is 255 Å². The quantitative estimate of drug-likeness (QED) is 0.185. The minimum atomic E-state index is -6.03. The number of pyridine rings is 1. The summed E-state index contributed by atoms with van der Waals surface area (Å²) >= 11 is 0. The fourth-order valence-corrected chi connectivity index (χ4v) is 4.95. The first-order valence-corrected chi connectivity index (χ1v) is 13.9. The molecule has 0 saturated carbocycles. The molecular formula is C31H31F6N3O5. The second-order valence-corrected chi connectivity index (χ2v) is 11.0. The number of nitrogens with zero attached hydrogens (tertiary/aromatic N) is 2. The summed E-state index contributed by atoms with van der Waals surface area (Å²) in [5, 5.41) is 12.5. The van der Waals surface area contributed by atoms with E-state index in [0.29, 0.717) is 35.4 Å². The Morgan fingerprint density at radius 3 is 2.18 bits per heavy atom. The molecule has 0 bridgehead atoms. The van der Waals surface area contributed by atoms with Gasteiger partial charge in [-0.3, -0.25) is 14.7 Å². The van der Waals surface area contributed by atoms with Crippen LogP contribution in [-0.2, 0) is 28.9 Å². The molecular weight excluding hydrogens is 608 g/mol. The number of urea groups is 1. The first kappa shape index (κ1) is 33.6. The fourth-order valence-electron chi connectivity index (χ4n) is 4.95. The summed E-state index contributed by atoms with van der Waals surface area (Å²) in [6.45, 7) is 6.78. The number of carbonyl (C=O) groups is 2. The maximum Gasteiger partial charge on any atom is 0.430 e. The maximum absolute atomic E-state index is 13.4. The lowest BCUT2D eigenvalue weighted by atomic mass is 9.90. The van der Waals surface area contributed by atoms with E-state index in [1.165, 1.54) is 18.5 Å². The molecule has 0 spiro atoms. The average molecular weight is 640 g/mol. The molecule has 0 aliphatic carbocycles. The third-order valence-corrected chi connectivity index (χ3v) is 7.23. The molecule has 2 aromatic carbocycles. The van der Waals surface area contributed by atoms with Crippen LogP contribution < -0.4 is 14.8 Å². The largest absolute Gasteiger partial charge is 0.491 e. The van der Waals surface area contributed by atoms with E-state index in [-0.39, 0.29) is 36.1 Å². The van der Waals surface area contributed by atoms with E-state index in [9.17, 15) is 41.0 Å². The standard InChI is InChI=1S/C31H31F6N3O5/c1-5-6-20-14-22(29(43,30(32,33)34)31(35,36)37)9-12-25(20)45-24-13-19(15-38-16-24)17-40-26(41)28(4,39-27(40)42)21-7-10-23(11-8-21)44-18(2)3/h7-16,18,43H,5-6,17H2,1-4H3,(H,39,42). The van der Waals surface area contributed by atoms with Crippen molar-refractivity contribution in [2.45, 2.75) is 76.7 Å². The summed E-state index contributed by atoms with van der Waals surface area (Å²) in [4.78, 5) is 31.3. The number of aryl methyl sites for hydroxylation is 1. The van der Waals surface area contributed by atoms with Gasteiger partial charge in [-0.2, -0.15) is 26.3 Å². The highest BCUT2D eigenvalue weighted by Crippen LogP contribution is 2.50. The number of benzene rings is 2. The molecule has 1 atom stereocenters. The van der Waals surface area contributed by atoms with Crippen LogP contribution in [0.4, 0.5) is 31.1 Å². The predicted octanol–water partition coefficient (Wildman–Crippen LogP) is 6.89. The molecule has 1 unspecified atom stereocenters. The Hall–Kier alpha value is -4.33. The third kappa shape index (κ3) is 6.56. The molecule has 1 fully saturated rings. The van der Waals surface area contributed by atoms with Crippen LogP contribution in [0.2, 0.25) is 0 Å². The van der Waals surface area contributed by atoms with Crippen molar-refractivity contribution in [1.82, 2.24) is 15.2 Å². The predicted molar refractivity (Wildman–Crippen MR) is 149 cm³/mol. The number of halogens is 6. The van der Waals surface area contributed by atoms with E-state index in [1.54, 1.807) is 38.1 Å². The van der Waals surface area contributed by atoms with E-state index in [4.69, 9.17) is 9.47 Å². The van der Waals surface area contributed by atoms with Crippen molar-refractivity contribution in [3.63, 3.8) is 0 Å². The smallest absolute Gasteiger partial charge is 0.430 e. The van der Waals surface area contributed by atoms with Crippen molar-refractivity contribution in [3.8, 4) is 17.2 Å². The molecule has 3 aromatic rings. The first-order chi connectivity index (χ1) is 20.9. The molecule has 3 amide bonds. The Balaban J connectivity index is 1.56. The van der Waals surface area contributed by atoms with Crippen molar-refractivity contribution in [2.24, 2.45) is 0 Å². The number of nitrogens with one attached hydrogen (secondary N) is 1. The molecule has 2 N–H and O–H groups in total. The summed E-state index contributed by atoms with van der Waals surface area (Å²) in [7, 11) is 0. The van der Waals surface area contributed by atoms with Gasteiger partial charge in [-0.15, -0.1) is 0 Å². The summed E-state index contributed by atoms with van der Waals surface area (Å²) in [6.07, 6.45) is -9.10. The molecule has 45 heavy (non-hydrogen) atoms. The van der Waals surface area contributed by atoms with Crippen molar-refractivity contribution < 1.29 is 50.5 Å². The fraction of sp³-hybridized carbons (Fsp3) is 0.387. The molecule has 14 heteroatoms. The van der Waals surface area contributed by atoms with Crippen molar-refractivity contribution in [1.29, 1.82) is 0 Å². The van der Waals surface area contributed by atoms with E-state index in [1.807, 2.05) is 13.8 Å². The molecule has 1 aromatic heterocycles. The van der Waals surface area contributed by atoms with E-state index < -0.39 is 41.0 Å². The van der Waals surface area contributed by atoms with Gasteiger partial charge in [-0.25, -0.2) is 4.79 Å². The number of aromatic nitrogens is 1. The number of hydrogen-bond acceptors (Lipinski definition) is 6. The zero-order valence-corrected chi connectivity index (χ0v) is 24.7. The Morgan fingerprint density at radius 2 is 1.60 bits per heavy atom. The van der Waals surface area contributed by atoms with Crippen LogP contribution in [-0.4, -0.2) is 45.4 Å². The number of rotatable bonds is 10. The second kappa shape index (κ2) is 12.2. The summed E-state index contributed by atoms with van der Waals surface area (Å²) in [5.74, 6) is 0.0646. The van der Waals surface area contributed by atoms with Gasteiger partial charge in [0.2, 0.25) is 0 Å². The van der Waals surface area contributed by atoms with Crippen LogP contribution in [0.25, 0.3) is 0 Å². The topological polar surface area (TPSA) is 101 Å². The average Bonchev–Trinajstić information content (AvgIpc) is 3.16. The van der Waals surface area contributed by atoms with Crippen molar-refractivity contribution in [3.05, 3.63) is 83.2 Å². The van der Waals surface area contributed by atoms with E-state index >= 15 is 0 Å². The number of amides is 3. The number of alkyl halides is 6. The molecule has 4 rings (SSSR count). The zero-order chi connectivity index (χ0) is 33.4. The monoisotopic (exact) mass is 639 g/mol. The van der Waals surface area contributed by atoms with Gasteiger partial charge in [0.05, 0.1) is 18.8 Å². The summed E-state index contributed by atoms with van der Waals surface area (Å²) in [5.41, 5.74) is -6.96. The highest BCUT2D eigenvalue weighted by atomic mass is 19.4. The van der Waals surface area contributed by atoms with Gasteiger partial charge in [-0.1, -0.05) is 31.5 Å². The van der Waals surface area contributed by atoms with Crippen molar-refractivity contribution in [2.75, 3.05) is 0 Å². The second-order valence-electron chi connectivity index (χ2n) is 11.0. The minimum absolute atomic E-state index is 0.0120. The van der Waals surface area contributed by atoms with Crippen molar-refractivity contribution >= 4 is 11.9 Å². The van der Waals surface area contributed by atoms with Gasteiger partial charge < -0.3 is 19.9 Å². The molecule has 1 saturated heterocycles. The SMILES string of the molecule is CCCc1cc(C(O)(C(F)(F)F)C(F)(F)F)ccc1Oc1cncc(CN2C(=O)NC(C)(c3ccc(OC(C)C)cc3)C2=O)c1. The molecule has 242 valence electrons. The molecule has 1 aliphatic heterocycles. The third-order valence-electron chi connectivity index (χ3n) is 7.23. The van der Waals surface area contributed by atoms with Gasteiger partial charge in [0.15, 0.2) is 0 Å². The number of ether oxygens (including phenoxy) is 2. The van der Waals surface area contributed by atoms with Gasteiger partial charge >= 0.3 is 18.4 Å². The maximum atomic E-state index is 13.4. The van der Waals surface area contributed by atoms with Gasteiger partial charge in [0.1, 0.15) is 22.8 Å². The Morgan fingerprint density at radius 1 is 0.956 bits per heavy atom. The van der Waals surface area contributed by atoms with Gasteiger partial charge in [0, 0.05) is 11.8 Å². The lowest BCUT2D eigenvalue weighted by Gasteiger charge is -2.33. The number of carbonyl (C=O) groups excluding carboxylic acids is 2. The Bertz CT molecular complexity index is 1540. The lowest BCUT2D eigenvalue weighted by molar-refractivity contribution is -0.376. The summed E-state index contributed by atoms with van der Waals surface area (Å²) in [6, 6.07) is 9.56. The molecule has 1 aliphatic rings. The first-order valence-electron chi connectivity index (χ1n) is 13.9. The lowest BCUT2D eigenvalue weighted by Crippen LogP contribution is -2.53. The van der Waals surface area contributed by atoms with Crippen LogP contribution in [0.3, 0.4) is 0 Å². The molecule has 2 heterocycles. The van der Waals surface area contributed by atoms with E-state index in [0.717, 1.165) is 11.0 Å². The van der Waals surface area contributed by atoms with Gasteiger partial charge in [0.25, 0.3) is 11.5 Å². The normalized spacial score (nSPS) is 17.6. The summed E-state index contributed by atoms with van der Waals surface area (Å²) < 4.78 is 92.1. The number of aliphatic hydroxyl groups is 1. The van der Waals surface area contributed by atoms with Crippen LogP contribution in [0.1, 0.15) is 56.4 Å². The number of hydrogen-bond donors (Lipinski definition) is 2. The minimum Gasteiger partial charge on any atom is -0.491 e. The molecule has 8 nitrogen and oxygen atoms in total. The van der Waals surface area contributed by atoms with E-state index in [2.05, 4.69) is 10.3 Å². The Kier molecular flexibility index (Phi) is 9.11. The highest BCUT2D eigenvalue weighted by Gasteiger charge is 2.71. The number of imide groups is 1. The molecule has 0 radical (unpaired) electrons. The van der Waals surface area contributed by atoms with Gasteiger partial charge in [-0.05, 0) is 74.2 Å².